The van der Waals surface area contributed by atoms with Crippen LogP contribution < -0.4 is 4.74 Å². The second-order valence-corrected chi connectivity index (χ2v) is 7.72. The summed E-state index contributed by atoms with van der Waals surface area (Å²) >= 11 is 3.44. The predicted octanol–water partition coefficient (Wildman–Crippen LogP) is 4.95. The second-order valence-electron chi connectivity index (χ2n) is 6.80. The number of likely N-dealkylation sites (tertiary alicyclic amines) is 1. The summed E-state index contributed by atoms with van der Waals surface area (Å²) in [5, 5.41) is 3.86. The van der Waals surface area contributed by atoms with E-state index >= 15 is 0 Å². The van der Waals surface area contributed by atoms with Gasteiger partial charge in [0.05, 0.1) is 5.56 Å². The lowest BCUT2D eigenvalue weighted by molar-refractivity contribution is 0.0702. The number of hydrogen-bond donors (Lipinski definition) is 0. The molecule has 7 heteroatoms. The van der Waals surface area contributed by atoms with Crippen LogP contribution in [0.4, 0.5) is 0 Å². The molecule has 0 bridgehead atoms. The molecule has 0 unspecified atom stereocenters. The van der Waals surface area contributed by atoms with E-state index in [-0.39, 0.29) is 11.8 Å². The lowest BCUT2D eigenvalue weighted by atomic mass is 9.96. The van der Waals surface area contributed by atoms with Gasteiger partial charge >= 0.3 is 0 Å². The summed E-state index contributed by atoms with van der Waals surface area (Å²) in [5.41, 5.74) is 0.564. The molecule has 1 fully saturated rings. The number of aryl methyl sites for hydroxylation is 1. The molecule has 6 nitrogen and oxygen atoms in total. The molecule has 0 spiro atoms. The van der Waals surface area contributed by atoms with Gasteiger partial charge in [0.15, 0.2) is 5.82 Å². The van der Waals surface area contributed by atoms with E-state index in [1.165, 1.54) is 0 Å². The molecule has 3 aromatic rings. The van der Waals surface area contributed by atoms with Gasteiger partial charge in [-0.15, -0.1) is 0 Å². The first-order valence-corrected chi connectivity index (χ1v) is 10.0. The van der Waals surface area contributed by atoms with Gasteiger partial charge in [-0.05, 0) is 50.1 Å². The van der Waals surface area contributed by atoms with Gasteiger partial charge < -0.3 is 14.2 Å². The summed E-state index contributed by atoms with van der Waals surface area (Å²) in [6.07, 6.45) is 1.62. The van der Waals surface area contributed by atoms with Gasteiger partial charge in [0.1, 0.15) is 11.5 Å². The van der Waals surface area contributed by atoms with Gasteiger partial charge in [-0.25, -0.2) is 0 Å². The molecule has 28 heavy (non-hydrogen) atoms. The largest absolute Gasteiger partial charge is 0.456 e. The Labute approximate surface area is 171 Å². The molecule has 1 saturated heterocycles. The number of halogens is 1. The van der Waals surface area contributed by atoms with Crippen molar-refractivity contribution in [1.82, 2.24) is 15.0 Å². The van der Waals surface area contributed by atoms with E-state index in [0.717, 1.165) is 17.3 Å². The van der Waals surface area contributed by atoms with Crippen molar-refractivity contribution in [2.75, 3.05) is 13.1 Å². The van der Waals surface area contributed by atoms with Crippen molar-refractivity contribution in [2.24, 2.45) is 0 Å². The van der Waals surface area contributed by atoms with Crippen molar-refractivity contribution in [1.29, 1.82) is 0 Å². The number of benzene rings is 2. The molecule has 0 N–H and O–H groups in total. The maximum Gasteiger partial charge on any atom is 0.257 e. The summed E-state index contributed by atoms with van der Waals surface area (Å²) in [4.78, 5) is 19.3. The van der Waals surface area contributed by atoms with E-state index < -0.39 is 0 Å². The summed E-state index contributed by atoms with van der Waals surface area (Å²) < 4.78 is 12.2. The summed E-state index contributed by atoms with van der Waals surface area (Å²) in [6, 6.07) is 14.9. The van der Waals surface area contributed by atoms with Crippen LogP contribution in [0.3, 0.4) is 0 Å². The van der Waals surface area contributed by atoms with Gasteiger partial charge in [-0.2, -0.15) is 4.98 Å². The first-order chi connectivity index (χ1) is 13.6. The Kier molecular flexibility index (Phi) is 5.43. The molecule has 1 aliphatic heterocycles. The number of para-hydroxylation sites is 1. The number of nitrogens with zero attached hydrogens (tertiary/aromatic N) is 3. The number of carbonyl (C=O) groups is 1. The molecule has 4 rings (SSSR count). The van der Waals surface area contributed by atoms with Gasteiger partial charge in [0, 0.05) is 23.5 Å². The van der Waals surface area contributed by atoms with Crippen molar-refractivity contribution in [3.8, 4) is 11.5 Å². The molecule has 1 aromatic heterocycles. The summed E-state index contributed by atoms with van der Waals surface area (Å²) in [6.45, 7) is 3.11. The Morgan fingerprint density at radius 1 is 1.18 bits per heavy atom. The van der Waals surface area contributed by atoms with Crippen LogP contribution in [0.2, 0.25) is 0 Å². The first kappa shape index (κ1) is 18.7. The second kappa shape index (κ2) is 8.14. The van der Waals surface area contributed by atoms with Gasteiger partial charge in [-0.1, -0.05) is 39.3 Å². The minimum absolute atomic E-state index is 0.0224. The van der Waals surface area contributed by atoms with Crippen molar-refractivity contribution in [3.63, 3.8) is 0 Å². The first-order valence-electron chi connectivity index (χ1n) is 9.22. The monoisotopic (exact) mass is 441 g/mol. The molecule has 2 aromatic carbocycles. The van der Waals surface area contributed by atoms with Crippen LogP contribution in [-0.2, 0) is 0 Å². The van der Waals surface area contributed by atoms with Crippen molar-refractivity contribution in [2.45, 2.75) is 25.7 Å². The fourth-order valence-electron chi connectivity index (χ4n) is 3.37. The molecular weight excluding hydrogens is 422 g/mol. The molecule has 0 radical (unpaired) electrons. The zero-order valence-electron chi connectivity index (χ0n) is 15.5. The average Bonchev–Trinajstić information content (AvgIpc) is 3.14. The standard InChI is InChI=1S/C21H20BrN3O3/c1-14-23-20(28-24-14)15-9-11-25(12-10-15)21(26)18-7-2-3-8-19(18)27-17-6-4-5-16(22)13-17/h2-8,13,15H,9-12H2,1H3. The SMILES string of the molecule is Cc1noc(C2CCN(C(=O)c3ccccc3Oc3cccc(Br)c3)CC2)n1. The quantitative estimate of drug-likeness (QED) is 0.572. The molecule has 2 heterocycles. The molecule has 1 amide bonds. The number of amides is 1. The fraction of sp³-hybridized carbons (Fsp3) is 0.286. The Bertz CT molecular complexity index is 980. The minimum atomic E-state index is -0.0224. The summed E-state index contributed by atoms with van der Waals surface area (Å²) in [5.74, 6) is 2.74. The van der Waals surface area contributed by atoms with E-state index in [1.807, 2.05) is 60.4 Å². The smallest absolute Gasteiger partial charge is 0.257 e. The molecule has 144 valence electrons. The van der Waals surface area contributed by atoms with E-state index in [4.69, 9.17) is 9.26 Å². The van der Waals surface area contributed by atoms with Gasteiger partial charge in [0.2, 0.25) is 5.89 Å². The zero-order valence-corrected chi connectivity index (χ0v) is 17.1. The van der Waals surface area contributed by atoms with Crippen LogP contribution in [0.1, 0.15) is 40.8 Å². The molecule has 0 saturated carbocycles. The third kappa shape index (κ3) is 4.09. The number of rotatable bonds is 4. The Morgan fingerprint density at radius 2 is 1.96 bits per heavy atom. The lowest BCUT2D eigenvalue weighted by Gasteiger charge is -2.30. The molecule has 1 aliphatic rings. The third-order valence-corrected chi connectivity index (χ3v) is 5.31. The van der Waals surface area contributed by atoms with Crippen molar-refractivity contribution >= 4 is 21.8 Å². The van der Waals surface area contributed by atoms with E-state index in [0.29, 0.717) is 41.9 Å². The lowest BCUT2D eigenvalue weighted by Crippen LogP contribution is -2.38. The molecular formula is C21H20BrN3O3. The highest BCUT2D eigenvalue weighted by Gasteiger charge is 2.28. The van der Waals surface area contributed by atoms with E-state index in [2.05, 4.69) is 26.1 Å². The maximum absolute atomic E-state index is 13.1. The number of carbonyl (C=O) groups excluding carboxylic acids is 1. The highest BCUT2D eigenvalue weighted by atomic mass is 79.9. The van der Waals surface area contributed by atoms with E-state index in [9.17, 15) is 4.79 Å². The number of aromatic nitrogens is 2. The fourth-order valence-corrected chi connectivity index (χ4v) is 3.75. The van der Waals surface area contributed by atoms with Crippen LogP contribution in [-0.4, -0.2) is 34.0 Å². The van der Waals surface area contributed by atoms with Crippen molar-refractivity contribution in [3.05, 3.63) is 70.3 Å². The van der Waals surface area contributed by atoms with Crippen LogP contribution in [0.5, 0.6) is 11.5 Å². The summed E-state index contributed by atoms with van der Waals surface area (Å²) in [7, 11) is 0. The van der Waals surface area contributed by atoms with Crippen LogP contribution in [0, 0.1) is 6.92 Å². The normalized spacial score (nSPS) is 14.9. The Balaban J connectivity index is 1.47. The van der Waals surface area contributed by atoms with Crippen LogP contribution in [0.15, 0.2) is 57.5 Å². The molecule has 0 aliphatic carbocycles. The van der Waals surface area contributed by atoms with Gasteiger partial charge in [0.25, 0.3) is 5.91 Å². The topological polar surface area (TPSA) is 68.5 Å². The minimum Gasteiger partial charge on any atom is -0.456 e. The highest BCUT2D eigenvalue weighted by molar-refractivity contribution is 9.10. The number of piperidine rings is 1. The Hall–Kier alpha value is -2.67. The maximum atomic E-state index is 13.1. The zero-order chi connectivity index (χ0) is 19.5. The van der Waals surface area contributed by atoms with Gasteiger partial charge in [-0.3, -0.25) is 4.79 Å². The highest BCUT2D eigenvalue weighted by Crippen LogP contribution is 2.31. The van der Waals surface area contributed by atoms with Crippen molar-refractivity contribution < 1.29 is 14.1 Å². The third-order valence-electron chi connectivity index (χ3n) is 4.82. The Morgan fingerprint density at radius 3 is 2.68 bits per heavy atom. The van der Waals surface area contributed by atoms with Crippen LogP contribution >= 0.6 is 15.9 Å². The predicted molar refractivity (Wildman–Crippen MR) is 108 cm³/mol. The average molecular weight is 442 g/mol. The number of hydrogen-bond acceptors (Lipinski definition) is 5. The molecule has 0 atom stereocenters. The number of ether oxygens (including phenoxy) is 1. The van der Waals surface area contributed by atoms with Crippen LogP contribution in [0.25, 0.3) is 0 Å². The van der Waals surface area contributed by atoms with E-state index in [1.54, 1.807) is 0 Å².